The third-order valence-electron chi connectivity index (χ3n) is 18.9. The number of anilines is 2. The molecule has 0 aliphatic carbocycles. The largest absolute Gasteiger partial charge is 0.497 e. The zero-order chi connectivity index (χ0) is 65.3. The second-order valence-corrected chi connectivity index (χ2v) is 25.7. The minimum Gasteiger partial charge on any atom is -0.497 e. The van der Waals surface area contributed by atoms with Crippen molar-refractivity contribution in [1.29, 1.82) is 0 Å². The lowest BCUT2D eigenvalue weighted by atomic mass is 9.73. The van der Waals surface area contributed by atoms with E-state index in [0.717, 1.165) is 33.6 Å². The van der Waals surface area contributed by atoms with Crippen LogP contribution in [0.5, 0.6) is 11.5 Å². The highest BCUT2D eigenvalue weighted by Gasteiger charge is 2.57. The molecule has 0 bridgehead atoms. The van der Waals surface area contributed by atoms with Gasteiger partial charge in [0.15, 0.2) is 11.6 Å². The van der Waals surface area contributed by atoms with Gasteiger partial charge in [0, 0.05) is 109 Å². The summed E-state index contributed by atoms with van der Waals surface area (Å²) in [5.74, 6) is 12.3. The topological polar surface area (TPSA) is 190 Å². The summed E-state index contributed by atoms with van der Waals surface area (Å²) in [4.78, 5) is 64.7. The van der Waals surface area contributed by atoms with Gasteiger partial charge in [-0.1, -0.05) is 96.5 Å². The molecule has 18 heteroatoms. The van der Waals surface area contributed by atoms with Gasteiger partial charge in [-0.15, -0.1) is 0 Å². The molecule has 0 radical (unpaired) electrons. The highest BCUT2D eigenvalue weighted by atomic mass is 16.8. The fourth-order valence-corrected chi connectivity index (χ4v) is 14.5. The molecule has 7 aliphatic rings. The number of rotatable bonds is 9. The molecule has 10 atom stereocenters. The Kier molecular flexibility index (Phi) is 18.2. The highest BCUT2D eigenvalue weighted by Crippen LogP contribution is 2.47. The molecule has 482 valence electrons. The van der Waals surface area contributed by atoms with Gasteiger partial charge in [-0.25, -0.2) is 9.59 Å². The van der Waals surface area contributed by atoms with Crippen LogP contribution in [-0.2, 0) is 18.9 Å². The molecule has 0 saturated carbocycles. The van der Waals surface area contributed by atoms with Crippen LogP contribution in [0.4, 0.5) is 21.0 Å². The first-order valence-electron chi connectivity index (χ1n) is 32.1. The molecular formula is C76H78N8O10. The quantitative estimate of drug-likeness (QED) is 0.0916. The number of amides is 6. The Morgan fingerprint density at radius 2 is 0.819 bits per heavy atom. The molecular weight excluding hydrogens is 1180 g/mol. The van der Waals surface area contributed by atoms with Crippen LogP contribution in [0.3, 0.4) is 0 Å². The van der Waals surface area contributed by atoms with E-state index in [-0.39, 0.29) is 90.8 Å². The first-order valence-corrected chi connectivity index (χ1v) is 32.1. The molecule has 4 N–H and O–H groups in total. The van der Waals surface area contributed by atoms with Crippen molar-refractivity contribution in [2.24, 2.45) is 5.73 Å². The SMILES string of the molecule is COc1ccc(NC(=O)N2C[C@H]3OC(C)(C)O[C@H]3CN3[C@H](CN)[C@H](c4ccc(C#Cc5ccccc5)cc4)[C@@H]3C2)cc1.COc1ccc(NC(=O)N2C[C@H]3OC(C)(C)O[C@H]3CN3[C@H](CN4C(=O)c5ccccc5C4=O)[C@H](c4ccc(C#Cc5ccccc5)cc4)[C@@H]3C2)cc1. The van der Waals surface area contributed by atoms with Crippen LogP contribution in [0.2, 0.25) is 0 Å². The maximum Gasteiger partial charge on any atom is 0.321 e. The molecule has 94 heavy (non-hydrogen) atoms. The van der Waals surface area contributed by atoms with Gasteiger partial charge in [-0.2, -0.15) is 0 Å². The van der Waals surface area contributed by atoms with E-state index >= 15 is 0 Å². The van der Waals surface area contributed by atoms with Crippen molar-refractivity contribution < 1.29 is 47.6 Å². The Balaban J connectivity index is 0.000000175. The van der Waals surface area contributed by atoms with Crippen LogP contribution in [0.15, 0.2) is 182 Å². The first kappa shape index (κ1) is 63.4. The number of nitrogens with two attached hydrogens (primary N) is 1. The van der Waals surface area contributed by atoms with Gasteiger partial charge < -0.3 is 54.6 Å². The number of hydrogen-bond acceptors (Lipinski definition) is 13. The maximum atomic E-state index is 14.0. The Morgan fingerprint density at radius 3 is 1.20 bits per heavy atom. The number of ether oxygens (including phenoxy) is 6. The Bertz CT molecular complexity index is 3990. The molecule has 14 rings (SSSR count). The number of nitrogens with zero attached hydrogens (tertiary/aromatic N) is 5. The van der Waals surface area contributed by atoms with Gasteiger partial charge in [-0.3, -0.25) is 24.3 Å². The minimum atomic E-state index is -0.841. The van der Waals surface area contributed by atoms with Crippen molar-refractivity contribution >= 4 is 35.3 Å². The Hall–Kier alpha value is -9.34. The third kappa shape index (κ3) is 13.6. The van der Waals surface area contributed by atoms with Crippen LogP contribution >= 0.6 is 0 Å². The van der Waals surface area contributed by atoms with E-state index < -0.39 is 11.6 Å². The molecule has 18 nitrogen and oxygen atoms in total. The van der Waals surface area contributed by atoms with Gasteiger partial charge in [-0.05, 0) is 148 Å². The zero-order valence-electron chi connectivity index (χ0n) is 53.6. The number of imide groups is 1. The van der Waals surface area contributed by atoms with E-state index in [0.29, 0.717) is 74.1 Å². The summed E-state index contributed by atoms with van der Waals surface area (Å²) in [6, 6.07) is 57.4. The fraction of sp³-hybridized carbons (Fsp3) is 0.342. The summed E-state index contributed by atoms with van der Waals surface area (Å²) in [6.07, 6.45) is -1.11. The van der Waals surface area contributed by atoms with Crippen molar-refractivity contribution in [2.75, 3.05) is 77.2 Å². The average molecular weight is 1260 g/mol. The summed E-state index contributed by atoms with van der Waals surface area (Å²) < 4.78 is 36.0. The molecule has 0 aromatic heterocycles. The minimum absolute atomic E-state index is 0.0923. The summed E-state index contributed by atoms with van der Waals surface area (Å²) in [5, 5.41) is 6.12. The number of methoxy groups -OCH3 is 2. The van der Waals surface area contributed by atoms with E-state index in [1.165, 1.54) is 10.5 Å². The average Bonchev–Trinajstić information content (AvgIpc) is 1.22. The second kappa shape index (κ2) is 26.9. The lowest BCUT2D eigenvalue weighted by Gasteiger charge is -2.58. The standard InChI is InChI=1S/C42H40N4O6.C34H38N4O4/c1-42(2)51-36-25-44(41(49)43-30-19-21-31(50-3)22-20-30)23-34-38(29-17-15-28(16-18-29)14-13-27-9-5-4-6-10-27)35(45(34)26-37(36)52-42)24-46-39(47)32-11-7-8-12-33(32)40(46)48;1-34(2)41-30-21-37(33(39)36-26-15-17-27(40-3)18-16-26)20-29-32(28(19-35)38(29)22-31(30)42-34)25-13-11-24(12-14-25)10-9-23-7-5-4-6-8-23/h4-12,15-22,34-38H,23-26H2,1-3H3,(H,43,49);4-8,11-18,28-32H,19-22,35H2,1-3H3,(H,36,39)/t34-,35+,36+,37-,38+;28-,29+,30-,31+,32+/m01/s1. The van der Waals surface area contributed by atoms with Crippen molar-refractivity contribution in [2.45, 2.75) is 99.7 Å². The van der Waals surface area contributed by atoms with Crippen LogP contribution in [0.1, 0.15) is 93.6 Å². The predicted molar refractivity (Wildman–Crippen MR) is 357 cm³/mol. The van der Waals surface area contributed by atoms with Gasteiger partial charge in [0.05, 0.1) is 38.4 Å². The molecule has 0 spiro atoms. The van der Waals surface area contributed by atoms with Crippen LogP contribution in [0, 0.1) is 23.7 Å². The molecule has 6 fully saturated rings. The van der Waals surface area contributed by atoms with Crippen LogP contribution < -0.4 is 25.8 Å². The summed E-state index contributed by atoms with van der Waals surface area (Å²) in [6.45, 7) is 11.3. The van der Waals surface area contributed by atoms with Crippen molar-refractivity contribution in [3.05, 3.63) is 226 Å². The lowest BCUT2D eigenvalue weighted by molar-refractivity contribution is -0.150. The number of fused-ring (bicyclic) bond motifs is 5. The van der Waals surface area contributed by atoms with E-state index in [1.807, 2.05) is 130 Å². The monoisotopic (exact) mass is 1260 g/mol. The third-order valence-corrected chi connectivity index (χ3v) is 18.9. The Morgan fingerprint density at radius 1 is 0.468 bits per heavy atom. The smallest absolute Gasteiger partial charge is 0.321 e. The zero-order valence-corrected chi connectivity index (χ0v) is 53.6. The van der Waals surface area contributed by atoms with Crippen LogP contribution in [0.25, 0.3) is 0 Å². The van der Waals surface area contributed by atoms with Gasteiger partial charge >= 0.3 is 12.1 Å². The predicted octanol–water partition coefficient (Wildman–Crippen LogP) is 9.85. The van der Waals surface area contributed by atoms with Gasteiger partial charge in [0.25, 0.3) is 11.8 Å². The first-order chi connectivity index (χ1) is 45.5. The number of hydrogen-bond donors (Lipinski definition) is 3. The van der Waals surface area contributed by atoms with Crippen molar-refractivity contribution in [3.8, 4) is 35.2 Å². The lowest BCUT2D eigenvalue weighted by Crippen LogP contribution is -2.72. The molecule has 0 unspecified atom stereocenters. The second-order valence-electron chi connectivity index (χ2n) is 25.7. The molecule has 7 aliphatic heterocycles. The Labute approximate surface area is 549 Å². The van der Waals surface area contributed by atoms with E-state index in [2.05, 4.69) is 80.5 Å². The van der Waals surface area contributed by atoms with Gasteiger partial charge in [0.2, 0.25) is 0 Å². The number of carbonyl (C=O) groups is 4. The number of nitrogens with one attached hydrogen (secondary N) is 2. The molecule has 7 heterocycles. The highest BCUT2D eigenvalue weighted by molar-refractivity contribution is 6.21. The summed E-state index contributed by atoms with van der Waals surface area (Å²) >= 11 is 0. The summed E-state index contributed by atoms with van der Waals surface area (Å²) in [7, 11) is 3.22. The maximum absolute atomic E-state index is 14.0. The van der Waals surface area contributed by atoms with E-state index in [4.69, 9.17) is 34.2 Å². The number of urea groups is 2. The number of benzene rings is 7. The van der Waals surface area contributed by atoms with Crippen LogP contribution in [-0.4, -0.2) is 175 Å². The molecule has 6 amide bonds. The molecule has 7 aromatic rings. The van der Waals surface area contributed by atoms with E-state index in [1.54, 1.807) is 67.7 Å². The van der Waals surface area contributed by atoms with Crippen molar-refractivity contribution in [3.63, 3.8) is 0 Å². The fourth-order valence-electron chi connectivity index (χ4n) is 14.5. The van der Waals surface area contributed by atoms with E-state index in [9.17, 15) is 19.2 Å². The molecule has 7 aromatic carbocycles. The normalized spacial score (nSPS) is 25.5. The van der Waals surface area contributed by atoms with Crippen molar-refractivity contribution in [1.82, 2.24) is 24.5 Å². The molecule has 6 saturated heterocycles. The van der Waals surface area contributed by atoms with Gasteiger partial charge in [0.1, 0.15) is 35.9 Å². The number of carbonyl (C=O) groups excluding carboxylic acids is 4. The summed E-state index contributed by atoms with van der Waals surface area (Å²) in [5.41, 5.74) is 14.6.